The molecule has 1 N–H and O–H groups in total. The summed E-state index contributed by atoms with van der Waals surface area (Å²) in [7, 11) is 0. The topological polar surface area (TPSA) is 57.8 Å². The van der Waals surface area contributed by atoms with Crippen LogP contribution in [0.15, 0.2) is 54.9 Å². The average Bonchev–Trinajstić information content (AvgIpc) is 3.33. The summed E-state index contributed by atoms with van der Waals surface area (Å²) in [5.41, 5.74) is 4.08. The molecule has 1 saturated heterocycles. The van der Waals surface area contributed by atoms with Crippen molar-refractivity contribution in [1.82, 2.24) is 14.3 Å². The lowest BCUT2D eigenvalue weighted by Gasteiger charge is -2.16. The highest BCUT2D eigenvalue weighted by Crippen LogP contribution is 2.22. The van der Waals surface area contributed by atoms with E-state index in [1.165, 1.54) is 5.56 Å². The molecule has 3 heterocycles. The van der Waals surface area contributed by atoms with Gasteiger partial charge in [0.05, 0.1) is 12.3 Å². The van der Waals surface area contributed by atoms with E-state index in [1.54, 1.807) is 0 Å². The number of aromatic nitrogens is 2. The zero-order valence-corrected chi connectivity index (χ0v) is 15.4. The van der Waals surface area contributed by atoms with E-state index in [4.69, 9.17) is 0 Å². The quantitative estimate of drug-likeness (QED) is 0.733. The maximum absolute atomic E-state index is 12.6. The van der Waals surface area contributed by atoms with Gasteiger partial charge in [-0.15, -0.1) is 0 Å². The molecule has 5 heteroatoms. The number of aliphatic hydroxyl groups excluding tert-OH is 1. The van der Waals surface area contributed by atoms with Gasteiger partial charge in [-0.2, -0.15) is 0 Å². The number of carbonyl (C=O) groups is 1. The lowest BCUT2D eigenvalue weighted by atomic mass is 9.97. The van der Waals surface area contributed by atoms with Gasteiger partial charge in [0, 0.05) is 31.9 Å². The molecular formula is C22H25N3O2. The van der Waals surface area contributed by atoms with Crippen LogP contribution in [0, 0.1) is 5.92 Å². The zero-order valence-electron chi connectivity index (χ0n) is 15.4. The normalized spacial score (nSPS) is 16.9. The van der Waals surface area contributed by atoms with Crippen LogP contribution in [-0.2, 0) is 24.2 Å². The number of nitrogens with zero attached hydrogens (tertiary/aromatic N) is 3. The summed E-state index contributed by atoms with van der Waals surface area (Å²) in [4.78, 5) is 19.2. The molecule has 1 aliphatic heterocycles. The number of pyridine rings is 1. The van der Waals surface area contributed by atoms with E-state index >= 15 is 0 Å². The second-order valence-corrected chi connectivity index (χ2v) is 7.37. The van der Waals surface area contributed by atoms with Gasteiger partial charge in [-0.25, -0.2) is 4.98 Å². The molecule has 0 aliphatic carbocycles. The van der Waals surface area contributed by atoms with Crippen molar-refractivity contribution in [3.8, 4) is 0 Å². The van der Waals surface area contributed by atoms with E-state index in [0.29, 0.717) is 18.8 Å². The predicted molar refractivity (Wildman–Crippen MR) is 104 cm³/mol. The first-order valence-electron chi connectivity index (χ1n) is 9.60. The summed E-state index contributed by atoms with van der Waals surface area (Å²) in [6.07, 6.45) is 7.18. The molecule has 27 heavy (non-hydrogen) atoms. The molecule has 3 aromatic rings. The van der Waals surface area contributed by atoms with Crippen molar-refractivity contribution in [3.63, 3.8) is 0 Å². The van der Waals surface area contributed by atoms with Crippen molar-refractivity contribution >= 4 is 11.6 Å². The fourth-order valence-electron chi connectivity index (χ4n) is 3.91. The molecule has 0 saturated carbocycles. The van der Waals surface area contributed by atoms with Gasteiger partial charge in [-0.05, 0) is 48.4 Å². The zero-order chi connectivity index (χ0) is 18.6. The number of fused-ring (bicyclic) bond motifs is 1. The van der Waals surface area contributed by atoms with E-state index in [-0.39, 0.29) is 12.5 Å². The molecule has 1 unspecified atom stereocenters. The molecule has 1 atom stereocenters. The van der Waals surface area contributed by atoms with Gasteiger partial charge in [0.25, 0.3) is 0 Å². The molecule has 1 fully saturated rings. The molecule has 4 rings (SSSR count). The number of imidazole rings is 1. The van der Waals surface area contributed by atoms with E-state index < -0.39 is 0 Å². The molecule has 2 aromatic heterocycles. The minimum Gasteiger partial charge on any atom is -0.392 e. The second kappa shape index (κ2) is 7.92. The van der Waals surface area contributed by atoms with Crippen LogP contribution in [0.2, 0.25) is 0 Å². The predicted octanol–water partition coefficient (Wildman–Crippen LogP) is 2.85. The molecule has 0 radical (unpaired) electrons. The van der Waals surface area contributed by atoms with Crippen molar-refractivity contribution in [2.45, 2.75) is 32.3 Å². The Morgan fingerprint density at radius 3 is 2.93 bits per heavy atom. The Hall–Kier alpha value is -2.66. The Balaban J connectivity index is 1.29. The van der Waals surface area contributed by atoms with Crippen LogP contribution in [0.4, 0.5) is 0 Å². The number of carbonyl (C=O) groups excluding carboxylic acids is 1. The van der Waals surface area contributed by atoms with Gasteiger partial charge >= 0.3 is 0 Å². The first kappa shape index (κ1) is 17.7. The molecule has 140 valence electrons. The third-order valence-electron chi connectivity index (χ3n) is 5.35. The van der Waals surface area contributed by atoms with E-state index in [0.717, 1.165) is 42.8 Å². The summed E-state index contributed by atoms with van der Waals surface area (Å²) in [6, 6.07) is 14.0. The molecule has 1 aliphatic rings. The third kappa shape index (κ3) is 4.19. The highest BCUT2D eigenvalue weighted by molar-refractivity contribution is 5.76. The number of aryl methyl sites for hydroxylation is 1. The van der Waals surface area contributed by atoms with Gasteiger partial charge < -0.3 is 14.4 Å². The maximum atomic E-state index is 12.6. The fraction of sp³-hybridized carbons (Fsp3) is 0.364. The molecule has 0 bridgehead atoms. The van der Waals surface area contributed by atoms with Crippen molar-refractivity contribution in [1.29, 1.82) is 0 Å². The SMILES string of the molecule is O=C(CCc1cn2ccccc2n1)N1CCC(Cc2cccc(CO)c2)C1. The van der Waals surface area contributed by atoms with E-state index in [9.17, 15) is 9.90 Å². The van der Waals surface area contributed by atoms with Crippen LogP contribution in [0.5, 0.6) is 0 Å². The van der Waals surface area contributed by atoms with Crippen LogP contribution >= 0.6 is 0 Å². The number of likely N-dealkylation sites (tertiary alicyclic amines) is 1. The Labute approximate surface area is 159 Å². The molecule has 1 aromatic carbocycles. The van der Waals surface area contributed by atoms with E-state index in [1.807, 2.05) is 52.0 Å². The van der Waals surface area contributed by atoms with Crippen LogP contribution in [0.1, 0.15) is 29.7 Å². The summed E-state index contributed by atoms with van der Waals surface area (Å²) >= 11 is 0. The molecule has 1 amide bonds. The van der Waals surface area contributed by atoms with Crippen molar-refractivity contribution in [2.24, 2.45) is 5.92 Å². The van der Waals surface area contributed by atoms with Gasteiger partial charge in [0.2, 0.25) is 5.91 Å². The number of amides is 1. The Kier molecular flexibility index (Phi) is 5.21. The average molecular weight is 363 g/mol. The van der Waals surface area contributed by atoms with E-state index in [2.05, 4.69) is 17.1 Å². The Bertz CT molecular complexity index is 901. The monoisotopic (exact) mass is 363 g/mol. The standard InChI is InChI=1S/C22H25N3O2/c26-16-19-5-3-4-17(13-19)12-18-9-11-25(14-18)22(27)8-7-20-15-24-10-2-1-6-21(24)23-20/h1-6,10,13,15,18,26H,7-9,11-12,14,16H2. The minimum absolute atomic E-state index is 0.0756. The number of benzene rings is 1. The maximum Gasteiger partial charge on any atom is 0.222 e. The van der Waals surface area contributed by atoms with Crippen LogP contribution in [-0.4, -0.2) is 38.4 Å². The molecular weight excluding hydrogens is 338 g/mol. The summed E-state index contributed by atoms with van der Waals surface area (Å²) in [6.45, 7) is 1.74. The first-order valence-corrected chi connectivity index (χ1v) is 9.60. The summed E-state index contributed by atoms with van der Waals surface area (Å²) in [5, 5.41) is 9.28. The van der Waals surface area contributed by atoms with Crippen LogP contribution < -0.4 is 0 Å². The van der Waals surface area contributed by atoms with Gasteiger partial charge in [-0.3, -0.25) is 4.79 Å². The highest BCUT2D eigenvalue weighted by atomic mass is 16.3. The van der Waals surface area contributed by atoms with Crippen LogP contribution in [0.3, 0.4) is 0 Å². The highest BCUT2D eigenvalue weighted by Gasteiger charge is 2.26. The van der Waals surface area contributed by atoms with Gasteiger partial charge in [0.1, 0.15) is 5.65 Å². The van der Waals surface area contributed by atoms with Crippen molar-refractivity contribution in [2.75, 3.05) is 13.1 Å². The smallest absolute Gasteiger partial charge is 0.222 e. The number of aliphatic hydroxyl groups is 1. The van der Waals surface area contributed by atoms with Crippen LogP contribution in [0.25, 0.3) is 5.65 Å². The van der Waals surface area contributed by atoms with Crippen molar-refractivity contribution < 1.29 is 9.90 Å². The number of rotatable bonds is 6. The molecule has 0 spiro atoms. The van der Waals surface area contributed by atoms with Crippen molar-refractivity contribution in [3.05, 3.63) is 71.7 Å². The lowest BCUT2D eigenvalue weighted by Crippen LogP contribution is -2.29. The summed E-state index contributed by atoms with van der Waals surface area (Å²) in [5.74, 6) is 0.719. The Morgan fingerprint density at radius 1 is 1.19 bits per heavy atom. The summed E-state index contributed by atoms with van der Waals surface area (Å²) < 4.78 is 1.99. The number of hydrogen-bond acceptors (Lipinski definition) is 3. The third-order valence-corrected chi connectivity index (χ3v) is 5.35. The Morgan fingerprint density at radius 2 is 2.07 bits per heavy atom. The number of hydrogen-bond donors (Lipinski definition) is 1. The largest absolute Gasteiger partial charge is 0.392 e. The van der Waals surface area contributed by atoms with Gasteiger partial charge in [0.15, 0.2) is 0 Å². The fourth-order valence-corrected chi connectivity index (χ4v) is 3.91. The lowest BCUT2D eigenvalue weighted by molar-refractivity contribution is -0.130. The van der Waals surface area contributed by atoms with Gasteiger partial charge in [-0.1, -0.05) is 30.3 Å². The second-order valence-electron chi connectivity index (χ2n) is 7.37. The minimum atomic E-state index is 0.0756. The first-order chi connectivity index (χ1) is 13.2. The molecule has 5 nitrogen and oxygen atoms in total.